The Labute approximate surface area is 60.9 Å². The minimum atomic E-state index is -0.916. The van der Waals surface area contributed by atoms with Gasteiger partial charge in [0.05, 0.1) is 5.08 Å². The van der Waals surface area contributed by atoms with Gasteiger partial charge < -0.3 is 0 Å². The quantitative estimate of drug-likeness (QED) is 0.614. The van der Waals surface area contributed by atoms with E-state index in [1.165, 1.54) is 0 Å². The Balaban J connectivity index is 3.64. The molecule has 0 aromatic carbocycles. The Bertz CT molecular complexity index is 131. The zero-order valence-electron chi connectivity index (χ0n) is 5.92. The van der Waals surface area contributed by atoms with Gasteiger partial charge in [0.25, 0.3) is 0 Å². The summed E-state index contributed by atoms with van der Waals surface area (Å²) < 4.78 is 21.3. The summed E-state index contributed by atoms with van der Waals surface area (Å²) >= 11 is 0. The molecule has 0 aliphatic rings. The zero-order chi connectivity index (χ0) is 7.44. The predicted molar refractivity (Wildman–Crippen MR) is 42.2 cm³/mol. The van der Waals surface area contributed by atoms with Crippen LogP contribution in [0.5, 0.6) is 0 Å². The molecule has 2 nitrogen and oxygen atoms in total. The highest BCUT2D eigenvalue weighted by atomic mass is 32.2. The average molecular weight is 168 g/mol. The Kier molecular flexibility index (Phi) is 4.31. The Hall–Kier alpha value is 0.300. The summed E-state index contributed by atoms with van der Waals surface area (Å²) in [6.07, 6.45) is 1.57. The summed E-state index contributed by atoms with van der Waals surface area (Å²) in [4.78, 5) is 0. The molecule has 0 rings (SSSR count). The molecular weight excluding hydrogens is 156 g/mol. The maximum absolute atomic E-state index is 10.9. The van der Waals surface area contributed by atoms with E-state index < -0.39 is 21.6 Å². The van der Waals surface area contributed by atoms with Crippen molar-refractivity contribution in [1.29, 1.82) is 0 Å². The van der Waals surface area contributed by atoms with Gasteiger partial charge >= 0.3 is 0 Å². The SMILES string of the molecule is CC(C)S(=O)CS(C)=O. The van der Waals surface area contributed by atoms with Crippen LogP contribution in [0.25, 0.3) is 0 Å². The molecule has 0 saturated carbocycles. The van der Waals surface area contributed by atoms with Gasteiger partial charge in [0, 0.05) is 33.1 Å². The highest BCUT2D eigenvalue weighted by Crippen LogP contribution is 1.94. The number of rotatable bonds is 3. The van der Waals surface area contributed by atoms with Crippen LogP contribution in [-0.2, 0) is 21.6 Å². The van der Waals surface area contributed by atoms with Gasteiger partial charge in [0.1, 0.15) is 0 Å². The van der Waals surface area contributed by atoms with Gasteiger partial charge in [0.15, 0.2) is 0 Å². The molecule has 0 amide bonds. The van der Waals surface area contributed by atoms with E-state index in [1.807, 2.05) is 13.8 Å². The van der Waals surface area contributed by atoms with E-state index >= 15 is 0 Å². The second-order valence-electron chi connectivity index (χ2n) is 2.12. The lowest BCUT2D eigenvalue weighted by atomic mass is 10.6. The van der Waals surface area contributed by atoms with Crippen molar-refractivity contribution in [2.45, 2.75) is 19.1 Å². The van der Waals surface area contributed by atoms with Gasteiger partial charge in [-0.1, -0.05) is 13.8 Å². The topological polar surface area (TPSA) is 34.1 Å². The van der Waals surface area contributed by atoms with Crippen molar-refractivity contribution < 1.29 is 8.42 Å². The average Bonchev–Trinajstić information content (AvgIpc) is 1.63. The Morgan fingerprint density at radius 2 is 1.78 bits per heavy atom. The Morgan fingerprint density at radius 1 is 1.33 bits per heavy atom. The standard InChI is InChI=1S/C5H12O2S2/c1-5(2)9(7)4-8(3)6/h5H,4H2,1-3H3. The third-order valence-electron chi connectivity index (χ3n) is 0.808. The molecule has 0 aliphatic heterocycles. The predicted octanol–water partition coefficient (Wildman–Crippen LogP) is 0.480. The lowest BCUT2D eigenvalue weighted by Gasteiger charge is -2.00. The minimum Gasteiger partial charge on any atom is -0.259 e. The molecule has 0 radical (unpaired) electrons. The summed E-state index contributed by atoms with van der Waals surface area (Å²) in [6.45, 7) is 3.73. The fraction of sp³-hybridized carbons (Fsp3) is 1.00. The van der Waals surface area contributed by atoms with Crippen LogP contribution in [0.2, 0.25) is 0 Å². The van der Waals surface area contributed by atoms with E-state index in [4.69, 9.17) is 0 Å². The lowest BCUT2D eigenvalue weighted by molar-refractivity contribution is 0.676. The first-order valence-electron chi connectivity index (χ1n) is 2.71. The fourth-order valence-corrected chi connectivity index (χ4v) is 2.70. The second-order valence-corrected chi connectivity index (χ2v) is 5.91. The van der Waals surface area contributed by atoms with Crippen molar-refractivity contribution in [2.75, 3.05) is 11.3 Å². The van der Waals surface area contributed by atoms with Crippen LogP contribution in [-0.4, -0.2) is 25.0 Å². The molecule has 0 spiro atoms. The minimum absolute atomic E-state index is 0.133. The summed E-state index contributed by atoms with van der Waals surface area (Å²) in [5.74, 6) is 0. The van der Waals surface area contributed by atoms with Gasteiger partial charge in [-0.3, -0.25) is 8.42 Å². The largest absolute Gasteiger partial charge is 0.259 e. The van der Waals surface area contributed by atoms with E-state index in [2.05, 4.69) is 0 Å². The Morgan fingerprint density at radius 3 is 1.89 bits per heavy atom. The van der Waals surface area contributed by atoms with Crippen LogP contribution in [0.4, 0.5) is 0 Å². The molecule has 0 aromatic heterocycles. The highest BCUT2D eigenvalue weighted by Gasteiger charge is 2.05. The van der Waals surface area contributed by atoms with Crippen molar-refractivity contribution >= 4 is 21.6 Å². The third-order valence-corrected chi connectivity index (χ3v) is 4.12. The van der Waals surface area contributed by atoms with Crippen LogP contribution in [0, 0.1) is 0 Å². The first-order valence-corrected chi connectivity index (χ1v) is 5.82. The maximum Gasteiger partial charge on any atom is 0.0991 e. The third kappa shape index (κ3) is 4.78. The van der Waals surface area contributed by atoms with Crippen LogP contribution in [0.3, 0.4) is 0 Å². The van der Waals surface area contributed by atoms with Crippen molar-refractivity contribution in [3.8, 4) is 0 Å². The van der Waals surface area contributed by atoms with Crippen molar-refractivity contribution in [3.05, 3.63) is 0 Å². The van der Waals surface area contributed by atoms with Crippen LogP contribution in [0.1, 0.15) is 13.8 Å². The van der Waals surface area contributed by atoms with Crippen LogP contribution < -0.4 is 0 Å². The molecule has 0 bridgehead atoms. The maximum atomic E-state index is 10.9. The van der Waals surface area contributed by atoms with Crippen molar-refractivity contribution in [1.82, 2.24) is 0 Å². The molecule has 2 atom stereocenters. The number of hydrogen-bond acceptors (Lipinski definition) is 2. The van der Waals surface area contributed by atoms with E-state index in [0.717, 1.165) is 0 Å². The fourth-order valence-electron chi connectivity index (χ4n) is 0.300. The smallest absolute Gasteiger partial charge is 0.0991 e. The van der Waals surface area contributed by atoms with Crippen molar-refractivity contribution in [2.24, 2.45) is 0 Å². The van der Waals surface area contributed by atoms with E-state index in [1.54, 1.807) is 6.26 Å². The van der Waals surface area contributed by atoms with Gasteiger partial charge in [-0.05, 0) is 0 Å². The molecule has 0 heterocycles. The van der Waals surface area contributed by atoms with E-state index in [9.17, 15) is 8.42 Å². The molecular formula is C5H12O2S2. The summed E-state index contributed by atoms with van der Waals surface area (Å²) in [5.41, 5.74) is 0. The second kappa shape index (κ2) is 4.17. The molecule has 2 unspecified atom stereocenters. The molecule has 0 aromatic rings. The zero-order valence-corrected chi connectivity index (χ0v) is 7.55. The van der Waals surface area contributed by atoms with Gasteiger partial charge in [-0.25, -0.2) is 0 Å². The first kappa shape index (κ1) is 9.30. The van der Waals surface area contributed by atoms with Gasteiger partial charge in [0.2, 0.25) is 0 Å². The van der Waals surface area contributed by atoms with Crippen molar-refractivity contribution in [3.63, 3.8) is 0 Å². The molecule has 0 saturated heterocycles. The van der Waals surface area contributed by atoms with Crippen LogP contribution in [0.15, 0.2) is 0 Å². The lowest BCUT2D eigenvalue weighted by Crippen LogP contribution is -2.12. The highest BCUT2D eigenvalue weighted by molar-refractivity contribution is 8.01. The molecule has 56 valence electrons. The summed E-state index contributed by atoms with van der Waals surface area (Å²) in [5, 5.41) is 0.450. The summed E-state index contributed by atoms with van der Waals surface area (Å²) in [7, 11) is -1.82. The molecule has 9 heavy (non-hydrogen) atoms. The summed E-state index contributed by atoms with van der Waals surface area (Å²) in [6, 6.07) is 0. The van der Waals surface area contributed by atoms with Gasteiger partial charge in [-0.15, -0.1) is 0 Å². The monoisotopic (exact) mass is 168 g/mol. The molecule has 0 N–H and O–H groups in total. The molecule has 0 fully saturated rings. The van der Waals surface area contributed by atoms with Gasteiger partial charge in [-0.2, -0.15) is 0 Å². The van der Waals surface area contributed by atoms with E-state index in [-0.39, 0.29) is 5.25 Å². The normalized spacial score (nSPS) is 17.8. The van der Waals surface area contributed by atoms with Crippen LogP contribution >= 0.6 is 0 Å². The number of hydrogen-bond donors (Lipinski definition) is 0. The molecule has 4 heteroatoms. The van der Waals surface area contributed by atoms with E-state index in [0.29, 0.717) is 5.08 Å². The molecule has 0 aliphatic carbocycles. The first-order chi connectivity index (χ1) is 4.04.